The third-order valence-electron chi connectivity index (χ3n) is 3.75. The van der Waals surface area contributed by atoms with Crippen LogP contribution in [0.1, 0.15) is 0 Å². The van der Waals surface area contributed by atoms with Crippen molar-refractivity contribution in [3.05, 3.63) is 84.7 Å². The summed E-state index contributed by atoms with van der Waals surface area (Å²) in [6.45, 7) is -0.569. The summed E-state index contributed by atoms with van der Waals surface area (Å²) in [7, 11) is -4.13. The Balaban J connectivity index is 1.91. The summed E-state index contributed by atoms with van der Waals surface area (Å²) < 4.78 is 53.1. The SMILES string of the molecule is O=C(CN(c1ccc(F)cc1)S(=O)(=O)c1cccnc1)Nc1ccc(F)cc1. The second-order valence-electron chi connectivity index (χ2n) is 5.73. The van der Waals surface area contributed by atoms with Crippen molar-refractivity contribution >= 4 is 27.3 Å². The van der Waals surface area contributed by atoms with Gasteiger partial charge in [0.2, 0.25) is 5.91 Å². The van der Waals surface area contributed by atoms with Crippen LogP contribution in [-0.4, -0.2) is 25.9 Å². The lowest BCUT2D eigenvalue weighted by Crippen LogP contribution is -2.38. The second kappa shape index (κ2) is 8.13. The van der Waals surface area contributed by atoms with Crippen molar-refractivity contribution in [2.24, 2.45) is 0 Å². The molecule has 0 bridgehead atoms. The summed E-state index contributed by atoms with van der Waals surface area (Å²) in [5, 5.41) is 2.50. The van der Waals surface area contributed by atoms with Gasteiger partial charge in [0.15, 0.2) is 0 Å². The molecule has 0 saturated carbocycles. The molecule has 28 heavy (non-hydrogen) atoms. The smallest absolute Gasteiger partial charge is 0.266 e. The molecule has 3 rings (SSSR count). The van der Waals surface area contributed by atoms with Crippen molar-refractivity contribution in [3.63, 3.8) is 0 Å². The largest absolute Gasteiger partial charge is 0.325 e. The van der Waals surface area contributed by atoms with Gasteiger partial charge in [-0.05, 0) is 60.7 Å². The van der Waals surface area contributed by atoms with Crippen molar-refractivity contribution in [1.82, 2.24) is 4.98 Å². The number of carbonyl (C=O) groups is 1. The first-order chi connectivity index (χ1) is 13.4. The van der Waals surface area contributed by atoms with Crippen molar-refractivity contribution in [2.75, 3.05) is 16.2 Å². The van der Waals surface area contributed by atoms with E-state index in [1.54, 1.807) is 0 Å². The normalized spacial score (nSPS) is 11.1. The Hall–Kier alpha value is -3.33. The van der Waals surface area contributed by atoms with Crippen LogP contribution in [0.3, 0.4) is 0 Å². The number of halogens is 2. The van der Waals surface area contributed by atoms with Crippen LogP contribution in [0.15, 0.2) is 78.0 Å². The minimum atomic E-state index is -4.13. The molecule has 1 aromatic heterocycles. The number of rotatable bonds is 6. The molecule has 0 radical (unpaired) electrons. The monoisotopic (exact) mass is 403 g/mol. The quantitative estimate of drug-likeness (QED) is 0.686. The minimum absolute atomic E-state index is 0.111. The third-order valence-corrected chi connectivity index (χ3v) is 5.51. The van der Waals surface area contributed by atoms with E-state index < -0.39 is 34.1 Å². The predicted molar refractivity (Wildman–Crippen MR) is 100 cm³/mol. The Bertz CT molecular complexity index is 1060. The zero-order valence-corrected chi connectivity index (χ0v) is 15.2. The zero-order chi connectivity index (χ0) is 20.1. The number of pyridine rings is 1. The molecule has 0 saturated heterocycles. The number of nitrogens with zero attached hydrogens (tertiary/aromatic N) is 2. The number of hydrogen-bond donors (Lipinski definition) is 1. The summed E-state index contributed by atoms with van der Waals surface area (Å²) in [5.41, 5.74) is 0.420. The average Bonchev–Trinajstić information content (AvgIpc) is 2.69. The molecule has 0 fully saturated rings. The summed E-state index contributed by atoms with van der Waals surface area (Å²) in [6, 6.07) is 12.5. The topological polar surface area (TPSA) is 79.4 Å². The van der Waals surface area contributed by atoms with Crippen LogP contribution in [0.25, 0.3) is 0 Å². The van der Waals surface area contributed by atoms with Gasteiger partial charge < -0.3 is 5.32 Å². The molecule has 6 nitrogen and oxygen atoms in total. The van der Waals surface area contributed by atoms with Gasteiger partial charge in [-0.2, -0.15) is 0 Å². The van der Waals surface area contributed by atoms with Gasteiger partial charge in [0.25, 0.3) is 10.0 Å². The molecule has 144 valence electrons. The van der Waals surface area contributed by atoms with E-state index in [1.165, 1.54) is 54.7 Å². The molecular weight excluding hydrogens is 388 g/mol. The maximum absolute atomic E-state index is 13.3. The molecule has 1 heterocycles. The standard InChI is InChI=1S/C19H15F2N3O3S/c20-14-3-7-16(8-4-14)23-19(25)13-24(17-9-5-15(21)6-10-17)28(26,27)18-2-1-11-22-12-18/h1-12H,13H2,(H,23,25). The number of sulfonamides is 1. The van der Waals surface area contributed by atoms with Crippen LogP contribution in [0.5, 0.6) is 0 Å². The Labute approximate surface area is 160 Å². The van der Waals surface area contributed by atoms with Gasteiger partial charge in [-0.15, -0.1) is 0 Å². The fourth-order valence-corrected chi connectivity index (χ4v) is 3.80. The molecule has 0 unspecified atom stereocenters. The van der Waals surface area contributed by atoms with Crippen LogP contribution < -0.4 is 9.62 Å². The third kappa shape index (κ3) is 4.49. The van der Waals surface area contributed by atoms with Crippen LogP contribution in [0.2, 0.25) is 0 Å². The van der Waals surface area contributed by atoms with E-state index in [0.717, 1.165) is 22.6 Å². The molecule has 1 N–H and O–H groups in total. The van der Waals surface area contributed by atoms with Gasteiger partial charge >= 0.3 is 0 Å². The fourth-order valence-electron chi connectivity index (χ4n) is 2.41. The highest BCUT2D eigenvalue weighted by Crippen LogP contribution is 2.23. The molecule has 0 aliphatic heterocycles. The van der Waals surface area contributed by atoms with Crippen LogP contribution >= 0.6 is 0 Å². The number of nitrogens with one attached hydrogen (secondary N) is 1. The summed E-state index contributed by atoms with van der Waals surface area (Å²) in [6.07, 6.45) is 2.58. The van der Waals surface area contributed by atoms with Crippen LogP contribution in [-0.2, 0) is 14.8 Å². The van der Waals surface area contributed by atoms with Crippen LogP contribution in [0, 0.1) is 11.6 Å². The van der Waals surface area contributed by atoms with E-state index in [0.29, 0.717) is 5.69 Å². The number of anilines is 2. The van der Waals surface area contributed by atoms with Gasteiger partial charge in [-0.1, -0.05) is 0 Å². The molecule has 1 amide bonds. The van der Waals surface area contributed by atoms with Crippen LogP contribution in [0.4, 0.5) is 20.2 Å². The van der Waals surface area contributed by atoms with Crippen molar-refractivity contribution < 1.29 is 22.0 Å². The first kappa shape index (κ1) is 19.4. The van der Waals surface area contributed by atoms with E-state index in [9.17, 15) is 22.0 Å². The number of benzene rings is 2. The predicted octanol–water partition coefficient (Wildman–Crippen LogP) is 3.19. The van der Waals surface area contributed by atoms with Crippen molar-refractivity contribution in [2.45, 2.75) is 4.90 Å². The highest BCUT2D eigenvalue weighted by molar-refractivity contribution is 7.92. The molecule has 3 aromatic rings. The summed E-state index contributed by atoms with van der Waals surface area (Å²) in [4.78, 5) is 16.1. The highest BCUT2D eigenvalue weighted by Gasteiger charge is 2.27. The van der Waals surface area contributed by atoms with Gasteiger partial charge in [0, 0.05) is 18.1 Å². The van der Waals surface area contributed by atoms with Gasteiger partial charge in [0.1, 0.15) is 23.1 Å². The number of amides is 1. The Kier molecular flexibility index (Phi) is 5.65. The number of carbonyl (C=O) groups excluding carboxylic acids is 1. The fraction of sp³-hybridized carbons (Fsp3) is 0.0526. The first-order valence-electron chi connectivity index (χ1n) is 8.10. The molecule has 0 aliphatic carbocycles. The second-order valence-corrected chi connectivity index (χ2v) is 7.59. The zero-order valence-electron chi connectivity index (χ0n) is 14.4. The summed E-state index contributed by atoms with van der Waals surface area (Å²) in [5.74, 6) is -1.66. The highest BCUT2D eigenvalue weighted by atomic mass is 32.2. The van der Waals surface area contributed by atoms with Gasteiger partial charge in [-0.3, -0.25) is 14.1 Å². The Morgan fingerprint density at radius 3 is 2.14 bits per heavy atom. The molecule has 2 aromatic carbocycles. The molecule has 0 aliphatic rings. The van der Waals surface area contributed by atoms with E-state index in [1.807, 2.05) is 0 Å². The van der Waals surface area contributed by atoms with Crippen molar-refractivity contribution in [3.8, 4) is 0 Å². The van der Waals surface area contributed by atoms with E-state index >= 15 is 0 Å². The van der Waals surface area contributed by atoms with Gasteiger partial charge in [-0.25, -0.2) is 17.2 Å². The molecule has 0 atom stereocenters. The van der Waals surface area contributed by atoms with Crippen molar-refractivity contribution in [1.29, 1.82) is 0 Å². The number of hydrogen-bond acceptors (Lipinski definition) is 4. The van der Waals surface area contributed by atoms with E-state index in [2.05, 4.69) is 10.3 Å². The Morgan fingerprint density at radius 2 is 1.57 bits per heavy atom. The maximum Gasteiger partial charge on any atom is 0.266 e. The molecule has 9 heteroatoms. The minimum Gasteiger partial charge on any atom is -0.325 e. The van der Waals surface area contributed by atoms with E-state index in [-0.39, 0.29) is 10.6 Å². The molecular formula is C19H15F2N3O3S. The average molecular weight is 403 g/mol. The van der Waals surface area contributed by atoms with E-state index in [4.69, 9.17) is 0 Å². The first-order valence-corrected chi connectivity index (χ1v) is 9.54. The lowest BCUT2D eigenvalue weighted by atomic mass is 10.3. The number of aromatic nitrogens is 1. The van der Waals surface area contributed by atoms with Gasteiger partial charge in [0.05, 0.1) is 5.69 Å². The maximum atomic E-state index is 13.3. The lowest BCUT2D eigenvalue weighted by Gasteiger charge is -2.24. The molecule has 0 spiro atoms. The Morgan fingerprint density at radius 1 is 0.964 bits per heavy atom. The lowest BCUT2D eigenvalue weighted by molar-refractivity contribution is -0.114. The summed E-state index contributed by atoms with van der Waals surface area (Å²) >= 11 is 0.